The van der Waals surface area contributed by atoms with Gasteiger partial charge in [0.1, 0.15) is 5.84 Å². The Morgan fingerprint density at radius 3 is 2.89 bits per heavy atom. The Morgan fingerprint density at radius 1 is 1.61 bits per heavy atom. The van der Waals surface area contributed by atoms with E-state index in [1.54, 1.807) is 0 Å². The van der Waals surface area contributed by atoms with Crippen molar-refractivity contribution in [2.24, 2.45) is 11.7 Å². The first-order valence-corrected chi connectivity index (χ1v) is 6.85. The number of rotatable bonds is 3. The van der Waals surface area contributed by atoms with Crippen LogP contribution >= 0.6 is 15.9 Å². The van der Waals surface area contributed by atoms with Gasteiger partial charge in [0.05, 0.1) is 6.10 Å². The van der Waals surface area contributed by atoms with E-state index in [-0.39, 0.29) is 11.9 Å². The summed E-state index contributed by atoms with van der Waals surface area (Å²) in [6, 6.07) is 5.74. The maximum absolute atomic E-state index is 9.65. The van der Waals surface area contributed by atoms with Crippen LogP contribution in [-0.2, 0) is 0 Å². The summed E-state index contributed by atoms with van der Waals surface area (Å²) in [6.07, 6.45) is 0.685. The van der Waals surface area contributed by atoms with E-state index in [1.165, 1.54) is 0 Å². The second-order valence-electron chi connectivity index (χ2n) is 4.81. The zero-order valence-electron chi connectivity index (χ0n) is 10.4. The molecule has 4 nitrogen and oxygen atoms in total. The number of nitrogen functional groups attached to an aromatic ring is 1. The number of hydrogen-bond donors (Lipinski definition) is 3. The number of hydrogen-bond acceptors (Lipinski definition) is 3. The summed E-state index contributed by atoms with van der Waals surface area (Å²) in [5, 5.41) is 17.3. The molecule has 0 radical (unpaired) electrons. The van der Waals surface area contributed by atoms with E-state index in [0.717, 1.165) is 35.2 Å². The Balaban J connectivity index is 2.28. The number of nitrogens with one attached hydrogen (secondary N) is 1. The molecule has 1 aromatic rings. The average Bonchev–Trinajstić information content (AvgIpc) is 2.77. The van der Waals surface area contributed by atoms with Crippen molar-refractivity contribution in [2.45, 2.75) is 19.4 Å². The first kappa shape index (κ1) is 13.4. The van der Waals surface area contributed by atoms with E-state index in [0.29, 0.717) is 5.92 Å². The van der Waals surface area contributed by atoms with E-state index in [4.69, 9.17) is 11.1 Å². The van der Waals surface area contributed by atoms with Crippen molar-refractivity contribution in [2.75, 3.05) is 18.0 Å². The smallest absolute Gasteiger partial charge is 0.124 e. The molecule has 0 aromatic heterocycles. The minimum absolute atomic E-state index is 0.0815. The van der Waals surface area contributed by atoms with Gasteiger partial charge >= 0.3 is 0 Å². The molecule has 2 atom stereocenters. The topological polar surface area (TPSA) is 73.3 Å². The third kappa shape index (κ3) is 2.67. The molecule has 1 aliphatic heterocycles. The van der Waals surface area contributed by atoms with Crippen LogP contribution in [0.3, 0.4) is 0 Å². The first-order valence-electron chi connectivity index (χ1n) is 6.06. The number of amidine groups is 1. The van der Waals surface area contributed by atoms with Gasteiger partial charge in [-0.25, -0.2) is 0 Å². The van der Waals surface area contributed by atoms with Crippen LogP contribution in [0, 0.1) is 11.3 Å². The van der Waals surface area contributed by atoms with Crippen LogP contribution in [0.1, 0.15) is 18.9 Å². The summed E-state index contributed by atoms with van der Waals surface area (Å²) in [4.78, 5) is 2.19. The molecular formula is C13H18BrN3O. The van der Waals surface area contributed by atoms with Crippen LogP contribution < -0.4 is 10.6 Å². The minimum Gasteiger partial charge on any atom is -0.393 e. The van der Waals surface area contributed by atoms with Gasteiger partial charge in [0.25, 0.3) is 0 Å². The number of nitrogens with two attached hydrogens (primary N) is 1. The van der Waals surface area contributed by atoms with Crippen LogP contribution in [0.2, 0.25) is 0 Å². The van der Waals surface area contributed by atoms with Crippen LogP contribution in [0.25, 0.3) is 0 Å². The Labute approximate surface area is 115 Å². The van der Waals surface area contributed by atoms with Gasteiger partial charge in [0.2, 0.25) is 0 Å². The quantitative estimate of drug-likeness (QED) is 0.590. The molecule has 2 rings (SSSR count). The zero-order valence-corrected chi connectivity index (χ0v) is 11.9. The molecule has 0 amide bonds. The predicted molar refractivity (Wildman–Crippen MR) is 77.2 cm³/mol. The lowest BCUT2D eigenvalue weighted by Crippen LogP contribution is -2.26. The van der Waals surface area contributed by atoms with Gasteiger partial charge in [0, 0.05) is 34.7 Å². The van der Waals surface area contributed by atoms with Crippen molar-refractivity contribution < 1.29 is 5.11 Å². The van der Waals surface area contributed by atoms with E-state index < -0.39 is 0 Å². The molecule has 2 unspecified atom stereocenters. The lowest BCUT2D eigenvalue weighted by molar-refractivity contribution is 0.136. The molecule has 1 heterocycles. The molecule has 0 aliphatic carbocycles. The van der Waals surface area contributed by atoms with E-state index in [9.17, 15) is 5.11 Å². The van der Waals surface area contributed by atoms with Crippen molar-refractivity contribution in [1.29, 1.82) is 5.41 Å². The van der Waals surface area contributed by atoms with E-state index in [1.807, 2.05) is 25.1 Å². The van der Waals surface area contributed by atoms with Gasteiger partial charge in [-0.2, -0.15) is 0 Å². The summed E-state index contributed by atoms with van der Waals surface area (Å²) >= 11 is 3.45. The Kier molecular flexibility index (Phi) is 3.92. The molecule has 1 saturated heterocycles. The first-order chi connectivity index (χ1) is 8.49. The molecule has 18 heavy (non-hydrogen) atoms. The van der Waals surface area contributed by atoms with Crippen molar-refractivity contribution in [3.8, 4) is 0 Å². The highest BCUT2D eigenvalue weighted by Crippen LogP contribution is 2.30. The lowest BCUT2D eigenvalue weighted by atomic mass is 10.0. The monoisotopic (exact) mass is 311 g/mol. The predicted octanol–water partition coefficient (Wildman–Crippen LogP) is 1.94. The van der Waals surface area contributed by atoms with Gasteiger partial charge in [-0.1, -0.05) is 15.9 Å². The number of anilines is 1. The Bertz CT molecular complexity index is 462. The molecule has 1 aliphatic rings. The van der Waals surface area contributed by atoms with Crippen molar-refractivity contribution in [3.63, 3.8) is 0 Å². The Hall–Kier alpha value is -1.07. The second kappa shape index (κ2) is 5.28. The van der Waals surface area contributed by atoms with Crippen molar-refractivity contribution in [1.82, 2.24) is 0 Å². The van der Waals surface area contributed by atoms with Crippen LogP contribution in [-0.4, -0.2) is 30.1 Å². The van der Waals surface area contributed by atoms with Crippen LogP contribution in [0.4, 0.5) is 5.69 Å². The van der Waals surface area contributed by atoms with E-state index >= 15 is 0 Å². The third-order valence-corrected chi connectivity index (χ3v) is 3.99. The maximum Gasteiger partial charge on any atom is 0.124 e. The van der Waals surface area contributed by atoms with Gasteiger partial charge in [-0.3, -0.25) is 5.41 Å². The highest BCUT2D eigenvalue weighted by Gasteiger charge is 2.27. The van der Waals surface area contributed by atoms with Gasteiger partial charge in [-0.05, 0) is 31.5 Å². The number of aliphatic hydroxyl groups is 1. The molecule has 0 spiro atoms. The standard InChI is InChI=1S/C13H18BrN3O/c1-8(18)9-4-5-17(7-9)12-6-10(14)2-3-11(12)13(15)16/h2-3,6,8-9,18H,4-5,7H2,1H3,(H3,15,16). The summed E-state index contributed by atoms with van der Waals surface area (Å²) in [5.41, 5.74) is 7.34. The molecule has 5 heteroatoms. The fraction of sp³-hybridized carbons (Fsp3) is 0.462. The third-order valence-electron chi connectivity index (χ3n) is 3.50. The minimum atomic E-state index is -0.289. The summed E-state index contributed by atoms with van der Waals surface area (Å²) in [6.45, 7) is 3.54. The zero-order chi connectivity index (χ0) is 13.3. The van der Waals surface area contributed by atoms with Crippen LogP contribution in [0.15, 0.2) is 22.7 Å². The molecule has 0 saturated carbocycles. The highest BCUT2D eigenvalue weighted by molar-refractivity contribution is 9.10. The molecule has 4 N–H and O–H groups in total. The van der Waals surface area contributed by atoms with Gasteiger partial charge in [0.15, 0.2) is 0 Å². The summed E-state index contributed by atoms with van der Waals surface area (Å²) in [7, 11) is 0. The fourth-order valence-electron chi connectivity index (χ4n) is 2.39. The van der Waals surface area contributed by atoms with Gasteiger partial charge in [-0.15, -0.1) is 0 Å². The molecule has 1 fully saturated rings. The van der Waals surface area contributed by atoms with Crippen molar-refractivity contribution >= 4 is 27.5 Å². The fourth-order valence-corrected chi connectivity index (χ4v) is 2.74. The normalized spacial score (nSPS) is 21.1. The number of halogens is 1. The SMILES string of the molecule is CC(O)C1CCN(c2cc(Br)ccc2C(=N)N)C1. The summed E-state index contributed by atoms with van der Waals surface area (Å²) < 4.78 is 0.975. The lowest BCUT2D eigenvalue weighted by Gasteiger charge is -2.22. The molecule has 1 aromatic carbocycles. The molecular weight excluding hydrogens is 294 g/mol. The number of nitrogens with zero attached hydrogens (tertiary/aromatic N) is 1. The summed E-state index contributed by atoms with van der Waals surface area (Å²) in [5.74, 6) is 0.377. The van der Waals surface area contributed by atoms with Gasteiger partial charge < -0.3 is 15.7 Å². The largest absolute Gasteiger partial charge is 0.393 e. The number of aliphatic hydroxyl groups excluding tert-OH is 1. The highest BCUT2D eigenvalue weighted by atomic mass is 79.9. The number of benzene rings is 1. The van der Waals surface area contributed by atoms with Crippen molar-refractivity contribution in [3.05, 3.63) is 28.2 Å². The second-order valence-corrected chi connectivity index (χ2v) is 5.73. The van der Waals surface area contributed by atoms with E-state index in [2.05, 4.69) is 20.8 Å². The molecule has 98 valence electrons. The van der Waals surface area contributed by atoms with Crippen LogP contribution in [0.5, 0.6) is 0 Å². The average molecular weight is 312 g/mol. The Morgan fingerprint density at radius 2 is 2.33 bits per heavy atom. The molecule has 0 bridgehead atoms. The maximum atomic E-state index is 9.65.